The zero-order chi connectivity index (χ0) is 11.1. The molecule has 0 aromatic heterocycles. The Hall–Kier alpha value is -0.570. The highest BCUT2D eigenvalue weighted by Gasteiger charge is 2.21. The molecule has 1 heterocycles. The van der Waals surface area contributed by atoms with Crippen LogP contribution in [0.5, 0.6) is 0 Å². The summed E-state index contributed by atoms with van der Waals surface area (Å²) in [6.45, 7) is 6.20. The number of nitrogens with one attached hydrogen (secondary N) is 2. The molecule has 0 aromatic rings. The van der Waals surface area contributed by atoms with Gasteiger partial charge in [-0.15, -0.1) is 0 Å². The third-order valence-corrected chi connectivity index (χ3v) is 3.05. The van der Waals surface area contributed by atoms with Crippen molar-refractivity contribution in [3.05, 3.63) is 0 Å². The zero-order valence-corrected chi connectivity index (χ0v) is 10.0. The summed E-state index contributed by atoms with van der Waals surface area (Å²) in [5, 5.41) is 6.38. The predicted molar refractivity (Wildman–Crippen MR) is 62.7 cm³/mol. The third-order valence-electron chi connectivity index (χ3n) is 3.05. The van der Waals surface area contributed by atoms with Gasteiger partial charge >= 0.3 is 0 Å². The first-order chi connectivity index (χ1) is 7.24. The Morgan fingerprint density at radius 1 is 1.60 bits per heavy atom. The van der Waals surface area contributed by atoms with Gasteiger partial charge < -0.3 is 10.6 Å². The van der Waals surface area contributed by atoms with Crippen molar-refractivity contribution >= 4 is 5.91 Å². The quantitative estimate of drug-likeness (QED) is 0.728. The molecule has 1 aliphatic rings. The van der Waals surface area contributed by atoms with Gasteiger partial charge in [0.1, 0.15) is 0 Å². The van der Waals surface area contributed by atoms with E-state index in [0.717, 1.165) is 32.4 Å². The molecule has 3 nitrogen and oxygen atoms in total. The van der Waals surface area contributed by atoms with Crippen molar-refractivity contribution in [3.63, 3.8) is 0 Å². The van der Waals surface area contributed by atoms with Crippen molar-refractivity contribution in [2.75, 3.05) is 13.1 Å². The molecule has 0 spiro atoms. The minimum absolute atomic E-state index is 0.197. The highest BCUT2D eigenvalue weighted by molar-refractivity contribution is 5.79. The van der Waals surface area contributed by atoms with E-state index in [1.54, 1.807) is 0 Å². The normalized spacial score (nSPS) is 23.5. The topological polar surface area (TPSA) is 41.1 Å². The van der Waals surface area contributed by atoms with E-state index in [2.05, 4.69) is 24.5 Å². The van der Waals surface area contributed by atoms with Crippen molar-refractivity contribution in [2.24, 2.45) is 5.92 Å². The molecule has 1 saturated heterocycles. The van der Waals surface area contributed by atoms with Crippen LogP contribution < -0.4 is 10.6 Å². The van der Waals surface area contributed by atoms with Gasteiger partial charge in [0, 0.05) is 12.6 Å². The van der Waals surface area contributed by atoms with E-state index in [1.165, 1.54) is 12.8 Å². The fourth-order valence-electron chi connectivity index (χ4n) is 2.02. The van der Waals surface area contributed by atoms with Crippen molar-refractivity contribution in [3.8, 4) is 0 Å². The lowest BCUT2D eigenvalue weighted by atomic mass is 9.98. The molecular weight excluding hydrogens is 188 g/mol. The molecule has 1 unspecified atom stereocenters. The first-order valence-electron chi connectivity index (χ1n) is 6.25. The van der Waals surface area contributed by atoms with E-state index < -0.39 is 0 Å². The van der Waals surface area contributed by atoms with Crippen molar-refractivity contribution in [2.45, 2.75) is 52.0 Å². The zero-order valence-electron chi connectivity index (χ0n) is 10.0. The van der Waals surface area contributed by atoms with Crippen molar-refractivity contribution in [1.82, 2.24) is 10.6 Å². The van der Waals surface area contributed by atoms with E-state index >= 15 is 0 Å². The van der Waals surface area contributed by atoms with Crippen LogP contribution in [0.4, 0.5) is 0 Å². The predicted octanol–water partition coefficient (Wildman–Crippen LogP) is 1.68. The van der Waals surface area contributed by atoms with Crippen LogP contribution in [0.25, 0.3) is 0 Å². The van der Waals surface area contributed by atoms with E-state index in [0.29, 0.717) is 6.04 Å². The Kier molecular flexibility index (Phi) is 5.69. The fourth-order valence-corrected chi connectivity index (χ4v) is 2.02. The van der Waals surface area contributed by atoms with Gasteiger partial charge in [-0.2, -0.15) is 0 Å². The largest absolute Gasteiger partial charge is 0.353 e. The van der Waals surface area contributed by atoms with Gasteiger partial charge in [0.15, 0.2) is 0 Å². The second-order valence-corrected chi connectivity index (χ2v) is 4.60. The Bertz CT molecular complexity index is 188. The maximum Gasteiger partial charge on any atom is 0.224 e. The van der Waals surface area contributed by atoms with Gasteiger partial charge in [-0.05, 0) is 32.7 Å². The van der Waals surface area contributed by atoms with Gasteiger partial charge in [0.05, 0.1) is 5.92 Å². The molecule has 15 heavy (non-hydrogen) atoms. The number of unbranched alkanes of at least 4 members (excludes halogenated alkanes) is 1. The summed E-state index contributed by atoms with van der Waals surface area (Å²) in [7, 11) is 0. The maximum atomic E-state index is 11.8. The molecule has 0 bridgehead atoms. The summed E-state index contributed by atoms with van der Waals surface area (Å²) in [5.74, 6) is 0.439. The molecule has 1 aliphatic heterocycles. The van der Waals surface area contributed by atoms with Crippen LogP contribution in [0.1, 0.15) is 46.0 Å². The summed E-state index contributed by atoms with van der Waals surface area (Å²) in [6, 6.07) is 0.333. The monoisotopic (exact) mass is 212 g/mol. The van der Waals surface area contributed by atoms with E-state index in [-0.39, 0.29) is 11.8 Å². The lowest BCUT2D eigenvalue weighted by Crippen LogP contribution is -2.43. The van der Waals surface area contributed by atoms with Crippen LogP contribution in [0.2, 0.25) is 0 Å². The molecule has 0 aliphatic carbocycles. The second kappa shape index (κ2) is 6.83. The maximum absolute atomic E-state index is 11.8. The lowest BCUT2D eigenvalue weighted by molar-refractivity contribution is -0.126. The van der Waals surface area contributed by atoms with E-state index in [9.17, 15) is 4.79 Å². The Morgan fingerprint density at radius 3 is 3.00 bits per heavy atom. The molecule has 3 heteroatoms. The van der Waals surface area contributed by atoms with Gasteiger partial charge in [0.25, 0.3) is 0 Å². The molecule has 2 atom stereocenters. The Balaban J connectivity index is 2.21. The summed E-state index contributed by atoms with van der Waals surface area (Å²) in [4.78, 5) is 11.8. The smallest absolute Gasteiger partial charge is 0.224 e. The Labute approximate surface area is 93.0 Å². The van der Waals surface area contributed by atoms with Gasteiger partial charge in [-0.25, -0.2) is 0 Å². The van der Waals surface area contributed by atoms with E-state index in [1.807, 2.05) is 0 Å². The average molecular weight is 212 g/mol. The van der Waals surface area contributed by atoms with E-state index in [4.69, 9.17) is 0 Å². The average Bonchev–Trinajstić information content (AvgIpc) is 2.27. The minimum atomic E-state index is 0.197. The summed E-state index contributed by atoms with van der Waals surface area (Å²) < 4.78 is 0. The molecule has 1 rings (SSSR count). The van der Waals surface area contributed by atoms with Crippen LogP contribution >= 0.6 is 0 Å². The number of hydrogen-bond acceptors (Lipinski definition) is 2. The van der Waals surface area contributed by atoms with Crippen molar-refractivity contribution in [1.29, 1.82) is 0 Å². The molecule has 0 aromatic carbocycles. The standard InChI is InChI=1S/C12H24N2O/c1-3-4-6-10(2)14-12(15)11-7-5-8-13-9-11/h10-11,13H,3-9H2,1-2H3,(H,14,15)/t10?,11-/m1/s1. The molecule has 1 amide bonds. The number of rotatable bonds is 5. The minimum Gasteiger partial charge on any atom is -0.353 e. The van der Waals surface area contributed by atoms with Crippen LogP contribution in [0, 0.1) is 5.92 Å². The second-order valence-electron chi connectivity index (χ2n) is 4.60. The highest BCUT2D eigenvalue weighted by Crippen LogP contribution is 2.10. The molecule has 2 N–H and O–H groups in total. The van der Waals surface area contributed by atoms with Gasteiger partial charge in [0.2, 0.25) is 5.91 Å². The first kappa shape index (κ1) is 12.5. The number of carbonyl (C=O) groups excluding carboxylic acids is 1. The van der Waals surface area contributed by atoms with Crippen LogP contribution in [-0.4, -0.2) is 25.0 Å². The van der Waals surface area contributed by atoms with Crippen LogP contribution in [-0.2, 0) is 4.79 Å². The lowest BCUT2D eigenvalue weighted by Gasteiger charge is -2.24. The number of amides is 1. The number of hydrogen-bond donors (Lipinski definition) is 2. The highest BCUT2D eigenvalue weighted by atomic mass is 16.1. The summed E-state index contributed by atoms with van der Waals surface area (Å²) in [6.07, 6.45) is 5.67. The molecule has 0 radical (unpaired) electrons. The molecule has 88 valence electrons. The van der Waals surface area contributed by atoms with Gasteiger partial charge in [-0.1, -0.05) is 19.8 Å². The van der Waals surface area contributed by atoms with Gasteiger partial charge in [-0.3, -0.25) is 4.79 Å². The summed E-state index contributed by atoms with van der Waals surface area (Å²) in [5.41, 5.74) is 0. The molecule has 1 fully saturated rings. The van der Waals surface area contributed by atoms with Crippen molar-refractivity contribution < 1.29 is 4.79 Å². The summed E-state index contributed by atoms with van der Waals surface area (Å²) >= 11 is 0. The van der Waals surface area contributed by atoms with Crippen LogP contribution in [0.15, 0.2) is 0 Å². The third kappa shape index (κ3) is 4.65. The number of piperidine rings is 1. The fraction of sp³-hybridized carbons (Fsp3) is 0.917. The SMILES string of the molecule is CCCCC(C)NC(=O)[C@@H]1CCCNC1. The molecule has 0 saturated carbocycles. The first-order valence-corrected chi connectivity index (χ1v) is 6.25. The Morgan fingerprint density at radius 2 is 2.40 bits per heavy atom. The number of carbonyl (C=O) groups is 1. The molecular formula is C12H24N2O. The van der Waals surface area contributed by atoms with Crippen LogP contribution in [0.3, 0.4) is 0 Å².